The van der Waals surface area contributed by atoms with E-state index in [1.54, 1.807) is 0 Å². The van der Waals surface area contributed by atoms with Gasteiger partial charge >= 0.3 is 17.9 Å². The number of rotatable bonds is 34. The van der Waals surface area contributed by atoms with Crippen molar-refractivity contribution in [2.45, 2.75) is 193 Å². The second kappa shape index (κ2) is 35.5. The summed E-state index contributed by atoms with van der Waals surface area (Å²) in [6, 6.07) is 0. The first-order valence-electron chi connectivity index (χ1n) is 19.0. The van der Waals surface area contributed by atoms with Crippen molar-refractivity contribution in [1.29, 1.82) is 0 Å². The van der Waals surface area contributed by atoms with Crippen LogP contribution in [0.3, 0.4) is 0 Å². The molecule has 266 valence electrons. The molecule has 6 nitrogen and oxygen atoms in total. The number of unbranched alkanes of at least 4 members (excludes halogenated alkanes) is 17. The van der Waals surface area contributed by atoms with Crippen molar-refractivity contribution in [3.8, 4) is 0 Å². The van der Waals surface area contributed by atoms with E-state index in [1.165, 1.54) is 70.6 Å². The summed E-state index contributed by atoms with van der Waals surface area (Å²) in [6.45, 7) is 4.84. The van der Waals surface area contributed by atoms with Crippen LogP contribution in [-0.4, -0.2) is 35.7 Å². The average Bonchev–Trinajstić information content (AvgIpc) is 3.04. The van der Waals surface area contributed by atoms with Crippen molar-refractivity contribution < 1.29 is 29.0 Å². The monoisotopic (exact) mass is 647 g/mol. The lowest BCUT2D eigenvalue weighted by Gasteiger charge is -2.16. The maximum Gasteiger partial charge on any atom is 0.306 e. The molecular formula is C40H70O6. The first-order chi connectivity index (χ1) is 22.5. The molecular weight excluding hydrogens is 576 g/mol. The van der Waals surface area contributed by atoms with Gasteiger partial charge in [-0.15, -0.1) is 0 Å². The topological polar surface area (TPSA) is 89.9 Å². The second-order valence-electron chi connectivity index (χ2n) is 12.7. The van der Waals surface area contributed by atoms with Gasteiger partial charge < -0.3 is 14.6 Å². The van der Waals surface area contributed by atoms with E-state index < -0.39 is 11.9 Å². The number of carbonyl (C=O) groups is 3. The Kier molecular flexibility index (Phi) is 33.7. The summed E-state index contributed by atoms with van der Waals surface area (Å²) < 4.78 is 11.0. The number of aliphatic carboxylic acids is 1. The summed E-state index contributed by atoms with van der Waals surface area (Å²) in [5, 5.41) is 8.58. The largest absolute Gasteiger partial charge is 0.481 e. The fourth-order valence-electron chi connectivity index (χ4n) is 5.25. The van der Waals surface area contributed by atoms with Crippen molar-refractivity contribution in [1.82, 2.24) is 0 Å². The van der Waals surface area contributed by atoms with Crippen LogP contribution in [-0.2, 0) is 23.9 Å². The Balaban J connectivity index is 3.94. The number of allylic oxidation sites excluding steroid dienone is 5. The minimum absolute atomic E-state index is 0.00296. The van der Waals surface area contributed by atoms with Crippen LogP contribution in [0.4, 0.5) is 0 Å². The van der Waals surface area contributed by atoms with E-state index in [2.05, 4.69) is 50.3 Å². The lowest BCUT2D eigenvalue weighted by atomic mass is 10.1. The van der Waals surface area contributed by atoms with Gasteiger partial charge in [-0.2, -0.15) is 0 Å². The predicted molar refractivity (Wildman–Crippen MR) is 192 cm³/mol. The third-order valence-electron chi connectivity index (χ3n) is 8.15. The quantitative estimate of drug-likeness (QED) is 0.0425. The Labute approximate surface area is 282 Å². The zero-order chi connectivity index (χ0) is 33.8. The van der Waals surface area contributed by atoms with Gasteiger partial charge in [0.1, 0.15) is 6.10 Å². The second-order valence-corrected chi connectivity index (χ2v) is 12.7. The van der Waals surface area contributed by atoms with E-state index in [0.29, 0.717) is 13.0 Å². The van der Waals surface area contributed by atoms with Gasteiger partial charge in [0, 0.05) is 12.8 Å². The van der Waals surface area contributed by atoms with Gasteiger partial charge in [0.2, 0.25) is 0 Å². The molecule has 0 aromatic carbocycles. The molecule has 6 heteroatoms. The summed E-state index contributed by atoms with van der Waals surface area (Å²) in [5.41, 5.74) is 0. The molecule has 0 amide bonds. The molecule has 0 aromatic rings. The van der Waals surface area contributed by atoms with Gasteiger partial charge in [-0.25, -0.2) is 0 Å². The van der Waals surface area contributed by atoms with Crippen LogP contribution in [0.2, 0.25) is 0 Å². The van der Waals surface area contributed by atoms with E-state index in [1.807, 2.05) is 0 Å². The molecule has 0 aromatic heterocycles. The number of ether oxygens (including phenoxy) is 2. The molecule has 0 radical (unpaired) electrons. The van der Waals surface area contributed by atoms with Crippen LogP contribution in [0, 0.1) is 0 Å². The minimum atomic E-state index is -0.976. The lowest BCUT2D eigenvalue weighted by Crippen LogP contribution is -2.17. The van der Waals surface area contributed by atoms with Gasteiger partial charge in [-0.05, 0) is 70.6 Å². The molecule has 0 aliphatic heterocycles. The highest BCUT2D eigenvalue weighted by molar-refractivity contribution is 5.76. The third kappa shape index (κ3) is 34.5. The maximum absolute atomic E-state index is 12.6. The third-order valence-corrected chi connectivity index (χ3v) is 8.15. The molecule has 1 atom stereocenters. The fraction of sp³-hybridized carbons (Fsp3) is 0.775. The molecule has 0 heterocycles. The van der Waals surface area contributed by atoms with Crippen LogP contribution in [0.1, 0.15) is 187 Å². The van der Waals surface area contributed by atoms with Crippen LogP contribution < -0.4 is 0 Å². The molecule has 0 fully saturated rings. The van der Waals surface area contributed by atoms with Gasteiger partial charge in [-0.1, -0.05) is 127 Å². The SMILES string of the molecule is CCCCC/C=C\C/C=C\CCCCCCCC(=O)OC(C/C=C\CCCCCCCCOC(=O)CCC(=O)O)CCCCCC. The molecule has 1 unspecified atom stereocenters. The standard InChI is InChI=1S/C40H70O6/c1-3-5-7-9-10-11-12-13-14-15-16-19-22-25-29-33-40(44)46-37(31-27-8-6-4-2)32-28-24-21-18-17-20-23-26-30-36-45-39(43)35-34-38(41)42/h10-11,13-14,24,28,37H,3-9,12,15-23,25-27,29-36H2,1-2H3,(H,41,42)/b11-10-,14-13-,28-24-. The first-order valence-corrected chi connectivity index (χ1v) is 19.0. The molecule has 46 heavy (non-hydrogen) atoms. The predicted octanol–water partition coefficient (Wildman–Crippen LogP) is 11.8. The van der Waals surface area contributed by atoms with Crippen molar-refractivity contribution in [2.24, 2.45) is 0 Å². The van der Waals surface area contributed by atoms with Gasteiger partial charge in [0.15, 0.2) is 0 Å². The number of hydrogen-bond donors (Lipinski definition) is 1. The summed E-state index contributed by atoms with van der Waals surface area (Å²) in [5.74, 6) is -1.44. The fourth-order valence-corrected chi connectivity index (χ4v) is 5.25. The molecule has 0 rings (SSSR count). The zero-order valence-electron chi connectivity index (χ0n) is 29.8. The van der Waals surface area contributed by atoms with Crippen molar-refractivity contribution in [2.75, 3.05) is 6.61 Å². The highest BCUT2D eigenvalue weighted by atomic mass is 16.5. The van der Waals surface area contributed by atoms with Crippen LogP contribution in [0.5, 0.6) is 0 Å². The Hall–Kier alpha value is -2.37. The van der Waals surface area contributed by atoms with Gasteiger partial charge in [-0.3, -0.25) is 14.4 Å². The van der Waals surface area contributed by atoms with E-state index >= 15 is 0 Å². The molecule has 1 N–H and O–H groups in total. The highest BCUT2D eigenvalue weighted by Crippen LogP contribution is 2.16. The van der Waals surface area contributed by atoms with Gasteiger partial charge in [0.05, 0.1) is 19.4 Å². The van der Waals surface area contributed by atoms with E-state index in [9.17, 15) is 14.4 Å². The summed E-state index contributed by atoms with van der Waals surface area (Å²) in [7, 11) is 0. The molecule has 0 saturated carbocycles. The summed E-state index contributed by atoms with van der Waals surface area (Å²) >= 11 is 0. The molecule has 0 saturated heterocycles. The summed E-state index contributed by atoms with van der Waals surface area (Å²) in [4.78, 5) is 34.4. The van der Waals surface area contributed by atoms with Crippen molar-refractivity contribution in [3.05, 3.63) is 36.5 Å². The Bertz CT molecular complexity index is 800. The molecule has 0 spiro atoms. The number of carboxylic acids is 1. The van der Waals surface area contributed by atoms with E-state index in [-0.39, 0.29) is 24.9 Å². The number of carboxylic acid groups (broad SMARTS) is 1. The minimum Gasteiger partial charge on any atom is -0.481 e. The molecule has 0 aliphatic carbocycles. The van der Waals surface area contributed by atoms with Crippen molar-refractivity contribution >= 4 is 17.9 Å². The molecule has 0 bridgehead atoms. The summed E-state index contributed by atoms with van der Waals surface area (Å²) in [6.07, 6.45) is 40.9. The Morgan fingerprint density at radius 3 is 1.70 bits per heavy atom. The van der Waals surface area contributed by atoms with Crippen LogP contribution in [0.25, 0.3) is 0 Å². The zero-order valence-corrected chi connectivity index (χ0v) is 29.8. The lowest BCUT2D eigenvalue weighted by molar-refractivity contribution is -0.149. The maximum atomic E-state index is 12.6. The van der Waals surface area contributed by atoms with Crippen molar-refractivity contribution in [3.63, 3.8) is 0 Å². The van der Waals surface area contributed by atoms with E-state index in [0.717, 1.165) is 83.5 Å². The van der Waals surface area contributed by atoms with Gasteiger partial charge in [0.25, 0.3) is 0 Å². The first kappa shape index (κ1) is 43.6. The highest BCUT2D eigenvalue weighted by Gasteiger charge is 2.13. The van der Waals surface area contributed by atoms with Crippen LogP contribution >= 0.6 is 0 Å². The normalized spacial score (nSPS) is 12.4. The Morgan fingerprint density at radius 2 is 1.07 bits per heavy atom. The average molecular weight is 647 g/mol. The number of hydrogen-bond acceptors (Lipinski definition) is 5. The number of esters is 2. The van der Waals surface area contributed by atoms with E-state index in [4.69, 9.17) is 14.6 Å². The Morgan fingerprint density at radius 1 is 0.543 bits per heavy atom. The molecule has 0 aliphatic rings. The van der Waals surface area contributed by atoms with Crippen LogP contribution in [0.15, 0.2) is 36.5 Å². The number of carbonyl (C=O) groups excluding carboxylic acids is 2. The smallest absolute Gasteiger partial charge is 0.306 e.